The van der Waals surface area contributed by atoms with Gasteiger partial charge >= 0.3 is 0 Å². The van der Waals surface area contributed by atoms with E-state index in [4.69, 9.17) is 0 Å². The van der Waals surface area contributed by atoms with Crippen LogP contribution in [0.1, 0.15) is 33.1 Å². The van der Waals surface area contributed by atoms with E-state index in [0.717, 1.165) is 30.8 Å². The van der Waals surface area contributed by atoms with Gasteiger partial charge in [-0.25, -0.2) is 0 Å². The van der Waals surface area contributed by atoms with Crippen molar-refractivity contribution >= 4 is 23.2 Å². The van der Waals surface area contributed by atoms with Gasteiger partial charge in [0.1, 0.15) is 0 Å². The normalized spacial score (nSPS) is 21.5. The van der Waals surface area contributed by atoms with Crippen molar-refractivity contribution in [1.29, 1.82) is 0 Å². The highest BCUT2D eigenvalue weighted by molar-refractivity contribution is 5.98. The van der Waals surface area contributed by atoms with Crippen LogP contribution in [0.2, 0.25) is 0 Å². The van der Waals surface area contributed by atoms with E-state index in [1.165, 1.54) is 0 Å². The van der Waals surface area contributed by atoms with Crippen molar-refractivity contribution in [3.63, 3.8) is 0 Å². The fraction of sp³-hybridized carbons (Fsp3) is 0.467. The van der Waals surface area contributed by atoms with Crippen molar-refractivity contribution in [2.45, 2.75) is 38.6 Å². The van der Waals surface area contributed by atoms with Crippen LogP contribution in [0, 0.1) is 0 Å². The van der Waals surface area contributed by atoms with Crippen molar-refractivity contribution in [2.75, 3.05) is 17.2 Å². The van der Waals surface area contributed by atoms with Gasteiger partial charge in [-0.3, -0.25) is 9.59 Å². The van der Waals surface area contributed by atoms with E-state index in [9.17, 15) is 9.59 Å². The molecule has 1 fully saturated rings. The van der Waals surface area contributed by atoms with Crippen LogP contribution in [-0.2, 0) is 9.59 Å². The fourth-order valence-corrected chi connectivity index (χ4v) is 2.24. The van der Waals surface area contributed by atoms with Gasteiger partial charge in [0.15, 0.2) is 0 Å². The third kappa shape index (κ3) is 3.36. The fourth-order valence-electron chi connectivity index (χ4n) is 2.24. The highest BCUT2D eigenvalue weighted by Gasteiger charge is 2.35. The Balaban J connectivity index is 1.96. The Hall–Kier alpha value is -1.88. The number of amides is 2. The zero-order valence-electron chi connectivity index (χ0n) is 12.0. The molecule has 5 heteroatoms. The summed E-state index contributed by atoms with van der Waals surface area (Å²) in [5.41, 5.74) is 0.995. The number of hydrogen-bond acceptors (Lipinski definition) is 3. The Morgan fingerprint density at radius 1 is 1.20 bits per heavy atom. The number of rotatable bonds is 4. The van der Waals surface area contributed by atoms with Gasteiger partial charge in [0, 0.05) is 17.8 Å². The lowest BCUT2D eigenvalue weighted by molar-refractivity contribution is -0.121. The molecule has 0 bridgehead atoms. The summed E-state index contributed by atoms with van der Waals surface area (Å²) in [7, 11) is 0. The molecule has 2 amide bonds. The average Bonchev–Trinajstić information content (AvgIpc) is 2.89. The standard InChI is InChI=1S/C15H21N3O2/c1-3-13(19)17-11-5-7-12(8-6-11)18-14(20)15(2)9-4-10-16-15/h5-8,16H,3-4,9-10H2,1-2H3,(H,17,19)(H,18,20). The topological polar surface area (TPSA) is 70.2 Å². The maximum atomic E-state index is 12.2. The predicted molar refractivity (Wildman–Crippen MR) is 79.6 cm³/mol. The van der Waals surface area contributed by atoms with Gasteiger partial charge in [-0.1, -0.05) is 6.92 Å². The van der Waals surface area contributed by atoms with E-state index >= 15 is 0 Å². The summed E-state index contributed by atoms with van der Waals surface area (Å²) in [6, 6.07) is 7.16. The molecule has 1 aromatic rings. The average molecular weight is 275 g/mol. The van der Waals surface area contributed by atoms with Crippen LogP contribution in [0.3, 0.4) is 0 Å². The molecule has 5 nitrogen and oxygen atoms in total. The van der Waals surface area contributed by atoms with E-state index < -0.39 is 5.54 Å². The lowest BCUT2D eigenvalue weighted by Gasteiger charge is -2.23. The molecule has 0 radical (unpaired) electrons. The maximum absolute atomic E-state index is 12.2. The van der Waals surface area contributed by atoms with Crippen LogP contribution in [0.5, 0.6) is 0 Å². The van der Waals surface area contributed by atoms with Crippen LogP contribution < -0.4 is 16.0 Å². The molecule has 1 atom stereocenters. The van der Waals surface area contributed by atoms with Crippen molar-refractivity contribution < 1.29 is 9.59 Å². The summed E-state index contributed by atoms with van der Waals surface area (Å²) in [6.07, 6.45) is 2.32. The number of benzene rings is 1. The van der Waals surface area contributed by atoms with Gasteiger partial charge < -0.3 is 16.0 Å². The number of carbonyl (C=O) groups is 2. The highest BCUT2D eigenvalue weighted by atomic mass is 16.2. The Morgan fingerprint density at radius 3 is 2.30 bits per heavy atom. The Kier molecular flexibility index (Phi) is 4.39. The monoisotopic (exact) mass is 275 g/mol. The molecule has 0 spiro atoms. The van der Waals surface area contributed by atoms with Crippen molar-refractivity contribution in [2.24, 2.45) is 0 Å². The SMILES string of the molecule is CCC(=O)Nc1ccc(NC(=O)C2(C)CCCN2)cc1. The molecular weight excluding hydrogens is 254 g/mol. The van der Waals surface area contributed by atoms with Gasteiger partial charge in [0.2, 0.25) is 11.8 Å². The largest absolute Gasteiger partial charge is 0.326 e. The molecule has 1 heterocycles. The van der Waals surface area contributed by atoms with Crippen LogP contribution in [0.15, 0.2) is 24.3 Å². The molecule has 108 valence electrons. The van der Waals surface area contributed by atoms with Crippen LogP contribution in [0.4, 0.5) is 11.4 Å². The minimum absolute atomic E-state index is 0.0136. The highest BCUT2D eigenvalue weighted by Crippen LogP contribution is 2.21. The number of hydrogen-bond donors (Lipinski definition) is 3. The van der Waals surface area contributed by atoms with Gasteiger partial charge in [0.05, 0.1) is 5.54 Å². The summed E-state index contributed by atoms with van der Waals surface area (Å²) < 4.78 is 0. The van der Waals surface area contributed by atoms with Gasteiger partial charge in [-0.2, -0.15) is 0 Å². The molecule has 3 N–H and O–H groups in total. The van der Waals surface area contributed by atoms with Gasteiger partial charge in [0.25, 0.3) is 0 Å². The quantitative estimate of drug-likeness (QED) is 0.788. The predicted octanol–water partition coefficient (Wildman–Crippen LogP) is 2.12. The Bertz CT molecular complexity index is 490. The second-order valence-electron chi connectivity index (χ2n) is 5.30. The first-order chi connectivity index (χ1) is 9.53. The third-order valence-electron chi connectivity index (χ3n) is 3.62. The van der Waals surface area contributed by atoms with Crippen LogP contribution >= 0.6 is 0 Å². The summed E-state index contributed by atoms with van der Waals surface area (Å²) in [6.45, 7) is 4.61. The van der Waals surface area contributed by atoms with Gasteiger partial charge in [-0.15, -0.1) is 0 Å². The lowest BCUT2D eigenvalue weighted by Crippen LogP contribution is -2.47. The molecule has 1 unspecified atom stereocenters. The molecule has 0 saturated carbocycles. The second kappa shape index (κ2) is 6.05. The summed E-state index contributed by atoms with van der Waals surface area (Å²) >= 11 is 0. The number of nitrogens with one attached hydrogen (secondary N) is 3. The Labute approximate surface area is 119 Å². The molecule has 0 aliphatic carbocycles. The third-order valence-corrected chi connectivity index (χ3v) is 3.62. The molecule has 1 aromatic carbocycles. The second-order valence-corrected chi connectivity index (χ2v) is 5.30. The lowest BCUT2D eigenvalue weighted by atomic mass is 9.99. The van der Waals surface area contributed by atoms with E-state index in [0.29, 0.717) is 6.42 Å². The number of anilines is 2. The van der Waals surface area contributed by atoms with Crippen molar-refractivity contribution in [3.05, 3.63) is 24.3 Å². The number of carbonyl (C=O) groups excluding carboxylic acids is 2. The zero-order chi connectivity index (χ0) is 14.6. The first-order valence-corrected chi connectivity index (χ1v) is 7.00. The molecular formula is C15H21N3O2. The van der Waals surface area contributed by atoms with Gasteiger partial charge in [-0.05, 0) is 50.6 Å². The van der Waals surface area contributed by atoms with Crippen LogP contribution in [0.25, 0.3) is 0 Å². The summed E-state index contributed by atoms with van der Waals surface area (Å²) in [5.74, 6) is -0.0372. The molecule has 0 aromatic heterocycles. The molecule has 1 saturated heterocycles. The Morgan fingerprint density at radius 2 is 1.80 bits per heavy atom. The van der Waals surface area contributed by atoms with E-state index in [1.807, 2.05) is 6.92 Å². The summed E-state index contributed by atoms with van der Waals surface area (Å²) in [5, 5.41) is 8.90. The van der Waals surface area contributed by atoms with Crippen LogP contribution in [-0.4, -0.2) is 23.9 Å². The zero-order valence-corrected chi connectivity index (χ0v) is 12.0. The minimum Gasteiger partial charge on any atom is -0.326 e. The smallest absolute Gasteiger partial charge is 0.244 e. The first-order valence-electron chi connectivity index (χ1n) is 7.00. The molecule has 1 aliphatic heterocycles. The van der Waals surface area contributed by atoms with E-state index in [2.05, 4.69) is 16.0 Å². The minimum atomic E-state index is -0.477. The van der Waals surface area contributed by atoms with Crippen molar-refractivity contribution in [1.82, 2.24) is 5.32 Å². The summed E-state index contributed by atoms with van der Waals surface area (Å²) in [4.78, 5) is 23.5. The molecule has 20 heavy (non-hydrogen) atoms. The maximum Gasteiger partial charge on any atom is 0.244 e. The first kappa shape index (κ1) is 14.5. The van der Waals surface area contributed by atoms with E-state index in [-0.39, 0.29) is 11.8 Å². The van der Waals surface area contributed by atoms with Crippen molar-refractivity contribution in [3.8, 4) is 0 Å². The molecule has 2 rings (SSSR count). The van der Waals surface area contributed by atoms with E-state index in [1.54, 1.807) is 31.2 Å². The molecule has 1 aliphatic rings.